The second-order valence-electron chi connectivity index (χ2n) is 8.46. The predicted molar refractivity (Wildman–Crippen MR) is 125 cm³/mol. The van der Waals surface area contributed by atoms with Crippen LogP contribution in [0, 0.1) is 13.8 Å². The molecule has 0 N–H and O–H groups in total. The van der Waals surface area contributed by atoms with Gasteiger partial charge in [0.15, 0.2) is 0 Å². The third-order valence-corrected chi connectivity index (χ3v) is 7.65. The third kappa shape index (κ3) is 4.11. The summed E-state index contributed by atoms with van der Waals surface area (Å²) in [5, 5.41) is 0.564. The molecule has 0 radical (unpaired) electrons. The van der Waals surface area contributed by atoms with Crippen LogP contribution in [0.4, 0.5) is 0 Å². The Labute approximate surface area is 185 Å². The Balaban J connectivity index is 1.76. The number of hydrogen-bond acceptors (Lipinski definition) is 4. The standard InChI is InChI=1S/C24H29N3O3S/c1-16-9-7-8-13-25(16)20(28)15-27-23-21(17(2)18(3)31-23)22(29)26(24(27)30)14-12-19-10-5-4-6-11-19/h4-6,10-11,16H,7-9,12-15H2,1-3H3/t16-/m1/s1. The van der Waals surface area contributed by atoms with Gasteiger partial charge in [-0.05, 0) is 57.6 Å². The van der Waals surface area contributed by atoms with Crippen molar-refractivity contribution in [3.05, 3.63) is 67.2 Å². The minimum absolute atomic E-state index is 0.0231. The van der Waals surface area contributed by atoms with E-state index in [1.54, 1.807) is 0 Å². The quantitative estimate of drug-likeness (QED) is 0.611. The van der Waals surface area contributed by atoms with Crippen LogP contribution in [0.1, 0.15) is 42.2 Å². The van der Waals surface area contributed by atoms with E-state index in [0.717, 1.165) is 41.8 Å². The molecule has 0 aliphatic carbocycles. The number of carbonyl (C=O) groups is 1. The number of likely N-dealkylation sites (tertiary alicyclic amines) is 1. The highest BCUT2D eigenvalue weighted by Gasteiger charge is 2.26. The van der Waals surface area contributed by atoms with E-state index in [4.69, 9.17) is 0 Å². The van der Waals surface area contributed by atoms with Crippen molar-refractivity contribution < 1.29 is 4.79 Å². The van der Waals surface area contributed by atoms with Crippen LogP contribution in [-0.2, 0) is 24.3 Å². The molecule has 4 rings (SSSR count). The SMILES string of the molecule is Cc1sc2c(c1C)c(=O)n(CCc1ccccc1)c(=O)n2CC(=O)N1CCCC[C@H]1C. The van der Waals surface area contributed by atoms with E-state index < -0.39 is 5.69 Å². The Morgan fingerprint density at radius 1 is 1.10 bits per heavy atom. The van der Waals surface area contributed by atoms with E-state index in [0.29, 0.717) is 23.2 Å². The fourth-order valence-electron chi connectivity index (χ4n) is 4.42. The third-order valence-electron chi connectivity index (χ3n) is 6.42. The van der Waals surface area contributed by atoms with E-state index in [1.165, 1.54) is 20.5 Å². The minimum Gasteiger partial charge on any atom is -0.338 e. The van der Waals surface area contributed by atoms with Crippen LogP contribution >= 0.6 is 11.3 Å². The van der Waals surface area contributed by atoms with Crippen LogP contribution in [0.2, 0.25) is 0 Å². The number of rotatable bonds is 5. The average molecular weight is 440 g/mol. The molecule has 1 aromatic carbocycles. The Morgan fingerprint density at radius 2 is 1.84 bits per heavy atom. The molecule has 0 saturated carbocycles. The number of amides is 1. The van der Waals surface area contributed by atoms with Crippen LogP contribution in [0.15, 0.2) is 39.9 Å². The van der Waals surface area contributed by atoms with Gasteiger partial charge in [0, 0.05) is 24.0 Å². The predicted octanol–water partition coefficient (Wildman–Crippen LogP) is 3.49. The van der Waals surface area contributed by atoms with Gasteiger partial charge in [0.05, 0.1) is 5.39 Å². The van der Waals surface area contributed by atoms with Crippen LogP contribution in [-0.4, -0.2) is 32.5 Å². The average Bonchev–Trinajstić information content (AvgIpc) is 3.06. The van der Waals surface area contributed by atoms with Crippen LogP contribution in [0.5, 0.6) is 0 Å². The van der Waals surface area contributed by atoms with Crippen LogP contribution in [0.3, 0.4) is 0 Å². The molecule has 1 fully saturated rings. The van der Waals surface area contributed by atoms with Gasteiger partial charge in [0.2, 0.25) is 5.91 Å². The number of thiophene rings is 1. The van der Waals surface area contributed by atoms with Gasteiger partial charge in [0.1, 0.15) is 11.4 Å². The molecule has 0 bridgehead atoms. The molecule has 31 heavy (non-hydrogen) atoms. The highest BCUT2D eigenvalue weighted by atomic mass is 32.1. The smallest absolute Gasteiger partial charge is 0.332 e. The zero-order valence-corrected chi connectivity index (χ0v) is 19.2. The molecule has 2 aromatic heterocycles. The van der Waals surface area contributed by atoms with Crippen LogP contribution in [0.25, 0.3) is 10.2 Å². The molecule has 3 aromatic rings. The summed E-state index contributed by atoms with van der Waals surface area (Å²) >= 11 is 1.43. The van der Waals surface area contributed by atoms with E-state index >= 15 is 0 Å². The first-order valence-corrected chi connectivity index (χ1v) is 11.8. The maximum atomic E-state index is 13.4. The number of hydrogen-bond donors (Lipinski definition) is 0. The summed E-state index contributed by atoms with van der Waals surface area (Å²) in [6.45, 7) is 6.94. The Hall–Kier alpha value is -2.67. The van der Waals surface area contributed by atoms with Gasteiger partial charge >= 0.3 is 5.69 Å². The highest BCUT2D eigenvalue weighted by Crippen LogP contribution is 2.27. The second kappa shape index (κ2) is 8.83. The van der Waals surface area contributed by atoms with Crippen molar-refractivity contribution in [2.45, 2.75) is 65.6 Å². The summed E-state index contributed by atoms with van der Waals surface area (Å²) in [6, 6.07) is 10.0. The number of nitrogens with zero attached hydrogens (tertiary/aromatic N) is 3. The highest BCUT2D eigenvalue weighted by molar-refractivity contribution is 7.18. The normalized spacial score (nSPS) is 16.7. The number of aryl methyl sites for hydroxylation is 3. The van der Waals surface area contributed by atoms with Crippen molar-refractivity contribution in [3.8, 4) is 0 Å². The largest absolute Gasteiger partial charge is 0.338 e. The molecule has 1 atom stereocenters. The summed E-state index contributed by atoms with van der Waals surface area (Å²) in [4.78, 5) is 43.3. The molecule has 164 valence electrons. The van der Waals surface area contributed by atoms with Gasteiger partial charge in [-0.25, -0.2) is 4.79 Å². The fourth-order valence-corrected chi connectivity index (χ4v) is 5.56. The van der Waals surface area contributed by atoms with Crippen molar-refractivity contribution in [2.24, 2.45) is 0 Å². The molecule has 1 aliphatic heterocycles. The first-order valence-electron chi connectivity index (χ1n) is 10.9. The summed E-state index contributed by atoms with van der Waals surface area (Å²) in [5.74, 6) is -0.0486. The van der Waals surface area contributed by atoms with Crippen molar-refractivity contribution in [1.29, 1.82) is 0 Å². The lowest BCUT2D eigenvalue weighted by Gasteiger charge is -2.33. The number of aromatic nitrogens is 2. The van der Waals surface area contributed by atoms with Crippen molar-refractivity contribution in [3.63, 3.8) is 0 Å². The molecular weight excluding hydrogens is 410 g/mol. The summed E-state index contributed by atoms with van der Waals surface area (Å²) in [6.07, 6.45) is 3.70. The Morgan fingerprint density at radius 3 is 2.55 bits per heavy atom. The van der Waals surface area contributed by atoms with Crippen molar-refractivity contribution in [2.75, 3.05) is 6.54 Å². The molecule has 1 amide bonds. The maximum absolute atomic E-state index is 13.4. The van der Waals surface area contributed by atoms with E-state index in [9.17, 15) is 14.4 Å². The lowest BCUT2D eigenvalue weighted by Crippen LogP contribution is -2.47. The number of fused-ring (bicyclic) bond motifs is 1. The number of carbonyl (C=O) groups excluding carboxylic acids is 1. The lowest BCUT2D eigenvalue weighted by molar-refractivity contribution is -0.135. The molecule has 7 heteroatoms. The molecule has 0 unspecified atom stereocenters. The minimum atomic E-state index is -0.396. The zero-order chi connectivity index (χ0) is 22.1. The summed E-state index contributed by atoms with van der Waals surface area (Å²) < 4.78 is 2.83. The van der Waals surface area contributed by atoms with Gasteiger partial charge in [0.25, 0.3) is 5.56 Å². The van der Waals surface area contributed by atoms with Crippen molar-refractivity contribution >= 4 is 27.5 Å². The van der Waals surface area contributed by atoms with Gasteiger partial charge in [-0.2, -0.15) is 0 Å². The Kier molecular flexibility index (Phi) is 6.14. The second-order valence-corrected chi connectivity index (χ2v) is 9.66. The maximum Gasteiger partial charge on any atom is 0.332 e. The number of benzene rings is 1. The lowest BCUT2D eigenvalue weighted by atomic mass is 10.0. The van der Waals surface area contributed by atoms with Crippen molar-refractivity contribution in [1.82, 2.24) is 14.0 Å². The van der Waals surface area contributed by atoms with Gasteiger partial charge < -0.3 is 4.90 Å². The van der Waals surface area contributed by atoms with E-state index in [-0.39, 0.29) is 24.1 Å². The first-order chi connectivity index (χ1) is 14.9. The molecule has 3 heterocycles. The topological polar surface area (TPSA) is 64.3 Å². The summed E-state index contributed by atoms with van der Waals surface area (Å²) in [7, 11) is 0. The number of piperidine rings is 1. The van der Waals surface area contributed by atoms with Crippen LogP contribution < -0.4 is 11.2 Å². The van der Waals surface area contributed by atoms with Gasteiger partial charge in [-0.15, -0.1) is 11.3 Å². The van der Waals surface area contributed by atoms with Gasteiger partial charge in [-0.1, -0.05) is 30.3 Å². The molecular formula is C24H29N3O3S. The molecule has 6 nitrogen and oxygen atoms in total. The molecule has 1 saturated heterocycles. The monoisotopic (exact) mass is 439 g/mol. The van der Waals surface area contributed by atoms with E-state index in [2.05, 4.69) is 6.92 Å². The molecule has 0 spiro atoms. The van der Waals surface area contributed by atoms with E-state index in [1.807, 2.05) is 49.1 Å². The summed E-state index contributed by atoms with van der Waals surface area (Å²) in [5.41, 5.74) is 1.31. The Bertz CT molecular complexity index is 1220. The zero-order valence-electron chi connectivity index (χ0n) is 18.4. The van der Waals surface area contributed by atoms with Gasteiger partial charge in [-0.3, -0.25) is 18.7 Å². The molecule has 1 aliphatic rings. The first kappa shape index (κ1) is 21.6. The fraction of sp³-hybridized carbons (Fsp3) is 0.458.